The highest BCUT2D eigenvalue weighted by molar-refractivity contribution is 6.00. The first-order chi connectivity index (χ1) is 16.7. The number of fused-ring (bicyclic) bond motifs is 1. The Bertz CT molecular complexity index is 1260. The van der Waals surface area contributed by atoms with E-state index >= 15 is 0 Å². The molecule has 0 spiro atoms. The third-order valence-electron chi connectivity index (χ3n) is 6.26. The molecule has 0 radical (unpaired) electrons. The number of aliphatic hydroxyl groups excluding tert-OH is 1. The van der Waals surface area contributed by atoms with E-state index < -0.39 is 23.8 Å². The zero-order valence-corrected chi connectivity index (χ0v) is 19.7. The fourth-order valence-corrected chi connectivity index (χ4v) is 4.19. The predicted octanol–water partition coefficient (Wildman–Crippen LogP) is 2.82. The van der Waals surface area contributed by atoms with Crippen molar-refractivity contribution in [1.82, 2.24) is 19.9 Å². The van der Waals surface area contributed by atoms with E-state index in [2.05, 4.69) is 26.8 Å². The second-order valence-corrected chi connectivity index (χ2v) is 9.52. The number of alkyl halides is 1. The van der Waals surface area contributed by atoms with Crippen molar-refractivity contribution in [2.75, 3.05) is 11.9 Å². The summed E-state index contributed by atoms with van der Waals surface area (Å²) in [6.07, 6.45) is 3.84. The molecule has 1 unspecified atom stereocenters. The number of nitriles is 1. The number of amides is 1. The molecule has 35 heavy (non-hydrogen) atoms. The summed E-state index contributed by atoms with van der Waals surface area (Å²) in [5.41, 5.74) is 1.56. The van der Waals surface area contributed by atoms with E-state index in [1.807, 2.05) is 12.1 Å². The molecule has 4 N–H and O–H groups in total. The molecule has 1 aliphatic carbocycles. The van der Waals surface area contributed by atoms with Crippen LogP contribution in [0.25, 0.3) is 16.9 Å². The number of hydrogen-bond acceptors (Lipinski definition) is 7. The number of halogens is 1. The molecule has 0 aliphatic heterocycles. The smallest absolute Gasteiger partial charge is 0.255 e. The van der Waals surface area contributed by atoms with Crippen molar-refractivity contribution in [3.05, 3.63) is 47.8 Å². The minimum absolute atomic E-state index is 0.0359. The predicted molar refractivity (Wildman–Crippen MR) is 129 cm³/mol. The molecule has 9 nitrogen and oxygen atoms in total. The van der Waals surface area contributed by atoms with Crippen LogP contribution in [0.5, 0.6) is 0 Å². The Hall–Kier alpha value is -3.55. The summed E-state index contributed by atoms with van der Waals surface area (Å²) >= 11 is 0. The van der Waals surface area contributed by atoms with Crippen molar-refractivity contribution in [2.45, 2.75) is 63.4 Å². The summed E-state index contributed by atoms with van der Waals surface area (Å²) < 4.78 is 15.9. The standard InChI is InChI=1S/C25H29FN6O3/c1-25(2,35)23(26)14-29-24(34)19-13-28-21(10-20(19)31-16-4-3-5-18(33)9-16)22-7-6-17-8-15(11-27)12-30-32(17)22/h6-8,10,12-13,16,18,23,33,35H,3-5,9,14H2,1-2H3,(H,28,31)(H,29,34)/t16-,18+,23?/m1/s1. The van der Waals surface area contributed by atoms with Gasteiger partial charge in [-0.25, -0.2) is 8.91 Å². The highest BCUT2D eigenvalue weighted by Crippen LogP contribution is 2.28. The Kier molecular flexibility index (Phi) is 7.00. The summed E-state index contributed by atoms with van der Waals surface area (Å²) in [5, 5.41) is 39.3. The number of pyridine rings is 1. The van der Waals surface area contributed by atoms with E-state index in [9.17, 15) is 19.4 Å². The highest BCUT2D eigenvalue weighted by Gasteiger charge is 2.28. The SMILES string of the molecule is CC(C)(O)C(F)CNC(=O)c1cnc(-c2ccc3cc(C#N)cnn23)cc1N[C@@H]1CCC[C@H](O)C1. The lowest BCUT2D eigenvalue weighted by Gasteiger charge is -2.28. The van der Waals surface area contributed by atoms with Gasteiger partial charge in [0.15, 0.2) is 0 Å². The number of nitrogens with one attached hydrogen (secondary N) is 2. The van der Waals surface area contributed by atoms with Gasteiger partial charge in [-0.3, -0.25) is 9.78 Å². The Labute approximate surface area is 202 Å². The van der Waals surface area contributed by atoms with Crippen LogP contribution in [-0.2, 0) is 0 Å². The van der Waals surface area contributed by atoms with Crippen LogP contribution in [0.4, 0.5) is 10.1 Å². The van der Waals surface area contributed by atoms with E-state index in [0.717, 1.165) is 24.8 Å². The third kappa shape index (κ3) is 5.58. The first-order valence-electron chi connectivity index (χ1n) is 11.6. The minimum Gasteiger partial charge on any atom is -0.393 e. The van der Waals surface area contributed by atoms with Crippen molar-refractivity contribution >= 4 is 17.1 Å². The molecule has 3 aromatic rings. The monoisotopic (exact) mass is 480 g/mol. The van der Waals surface area contributed by atoms with Crippen LogP contribution in [0.1, 0.15) is 55.5 Å². The van der Waals surface area contributed by atoms with Gasteiger partial charge in [-0.05, 0) is 63.8 Å². The molecule has 3 aromatic heterocycles. The van der Waals surface area contributed by atoms with E-state index in [-0.39, 0.29) is 18.2 Å². The fourth-order valence-electron chi connectivity index (χ4n) is 4.19. The van der Waals surface area contributed by atoms with E-state index in [1.165, 1.54) is 26.2 Å². The second-order valence-electron chi connectivity index (χ2n) is 9.52. The van der Waals surface area contributed by atoms with Crippen molar-refractivity contribution < 1.29 is 19.4 Å². The molecule has 1 fully saturated rings. The summed E-state index contributed by atoms with van der Waals surface area (Å²) in [4.78, 5) is 17.4. The third-order valence-corrected chi connectivity index (χ3v) is 6.26. The summed E-state index contributed by atoms with van der Waals surface area (Å²) in [6.45, 7) is 2.34. The Morgan fingerprint density at radius 3 is 2.86 bits per heavy atom. The van der Waals surface area contributed by atoms with Gasteiger partial charge in [-0.1, -0.05) is 0 Å². The average molecular weight is 481 g/mol. The number of aliphatic hydroxyl groups is 2. The van der Waals surface area contributed by atoms with Gasteiger partial charge in [0, 0.05) is 12.2 Å². The maximum absolute atomic E-state index is 14.2. The average Bonchev–Trinajstić information content (AvgIpc) is 3.25. The zero-order chi connectivity index (χ0) is 25.2. The van der Waals surface area contributed by atoms with Crippen LogP contribution in [0.2, 0.25) is 0 Å². The van der Waals surface area contributed by atoms with Gasteiger partial charge in [0.25, 0.3) is 5.91 Å². The molecule has 1 aliphatic rings. The molecule has 1 amide bonds. The van der Waals surface area contributed by atoms with Gasteiger partial charge in [0.1, 0.15) is 12.2 Å². The Morgan fingerprint density at radius 1 is 1.34 bits per heavy atom. The molecule has 0 aromatic carbocycles. The number of hydrogen-bond donors (Lipinski definition) is 4. The van der Waals surface area contributed by atoms with Gasteiger partial charge in [-0.15, -0.1) is 0 Å². The largest absolute Gasteiger partial charge is 0.393 e. The van der Waals surface area contributed by atoms with Crippen LogP contribution in [0.3, 0.4) is 0 Å². The second kappa shape index (κ2) is 9.98. The fraction of sp³-hybridized carbons (Fsp3) is 0.440. The van der Waals surface area contributed by atoms with E-state index in [4.69, 9.17) is 5.26 Å². The van der Waals surface area contributed by atoms with Crippen molar-refractivity contribution in [3.8, 4) is 17.5 Å². The molecule has 3 heterocycles. The van der Waals surface area contributed by atoms with Gasteiger partial charge in [0.05, 0.1) is 58.2 Å². The number of carbonyl (C=O) groups is 1. The molecule has 0 saturated heterocycles. The highest BCUT2D eigenvalue weighted by atomic mass is 19.1. The molecular weight excluding hydrogens is 451 g/mol. The normalized spacial score (nSPS) is 19.2. The molecule has 3 atom stereocenters. The maximum atomic E-state index is 14.2. The maximum Gasteiger partial charge on any atom is 0.255 e. The minimum atomic E-state index is -1.64. The number of nitrogens with zero attached hydrogens (tertiary/aromatic N) is 4. The van der Waals surface area contributed by atoms with Crippen LogP contribution < -0.4 is 10.6 Å². The summed E-state index contributed by atoms with van der Waals surface area (Å²) in [5.74, 6) is -0.522. The van der Waals surface area contributed by atoms with Crippen LogP contribution in [0.15, 0.2) is 36.7 Å². The lowest BCUT2D eigenvalue weighted by Crippen LogP contribution is -2.42. The summed E-state index contributed by atoms with van der Waals surface area (Å²) in [6, 6.07) is 9.14. The topological polar surface area (TPSA) is 136 Å². The lowest BCUT2D eigenvalue weighted by molar-refractivity contribution is -0.00177. The molecule has 1 saturated carbocycles. The first kappa shape index (κ1) is 24.6. The molecule has 184 valence electrons. The summed E-state index contributed by atoms with van der Waals surface area (Å²) in [7, 11) is 0. The van der Waals surface area contributed by atoms with Crippen molar-refractivity contribution in [3.63, 3.8) is 0 Å². The Balaban J connectivity index is 1.66. The number of carbonyl (C=O) groups excluding carboxylic acids is 1. The zero-order valence-electron chi connectivity index (χ0n) is 19.7. The van der Waals surface area contributed by atoms with Crippen LogP contribution in [-0.4, -0.2) is 61.2 Å². The number of anilines is 1. The van der Waals surface area contributed by atoms with Gasteiger partial charge >= 0.3 is 0 Å². The van der Waals surface area contributed by atoms with Crippen molar-refractivity contribution in [2.24, 2.45) is 0 Å². The molecular formula is C25H29FN6O3. The van der Waals surface area contributed by atoms with Crippen LogP contribution >= 0.6 is 0 Å². The van der Waals surface area contributed by atoms with Gasteiger partial charge < -0.3 is 20.8 Å². The molecule has 0 bridgehead atoms. The first-order valence-corrected chi connectivity index (χ1v) is 11.6. The number of aromatic nitrogens is 3. The van der Waals surface area contributed by atoms with Gasteiger partial charge in [0.2, 0.25) is 0 Å². The van der Waals surface area contributed by atoms with E-state index in [0.29, 0.717) is 29.1 Å². The molecule has 4 rings (SSSR count). The Morgan fingerprint density at radius 2 is 2.14 bits per heavy atom. The van der Waals surface area contributed by atoms with Crippen molar-refractivity contribution in [1.29, 1.82) is 5.26 Å². The quantitative estimate of drug-likeness (QED) is 0.408. The molecule has 10 heteroatoms. The lowest BCUT2D eigenvalue weighted by atomic mass is 9.92. The van der Waals surface area contributed by atoms with E-state index in [1.54, 1.807) is 16.6 Å². The van der Waals surface area contributed by atoms with Crippen LogP contribution in [0, 0.1) is 11.3 Å². The number of rotatable bonds is 7. The van der Waals surface area contributed by atoms with Gasteiger partial charge in [-0.2, -0.15) is 10.4 Å².